The second-order valence-corrected chi connectivity index (χ2v) is 8.99. The van der Waals surface area contributed by atoms with Gasteiger partial charge in [-0.3, -0.25) is 0 Å². The molecule has 0 aliphatic carbocycles. The first-order valence-corrected chi connectivity index (χ1v) is 10.5. The Morgan fingerprint density at radius 1 is 1.14 bits per heavy atom. The highest BCUT2D eigenvalue weighted by molar-refractivity contribution is 5.69. The van der Waals surface area contributed by atoms with Crippen LogP contribution in [0.4, 0.5) is 10.5 Å². The maximum absolute atomic E-state index is 12.5. The lowest BCUT2D eigenvalue weighted by Crippen LogP contribution is -2.38. The molecule has 0 N–H and O–H groups in total. The van der Waals surface area contributed by atoms with Crippen LogP contribution in [0.3, 0.4) is 0 Å². The third kappa shape index (κ3) is 4.37. The quantitative estimate of drug-likeness (QED) is 0.777. The van der Waals surface area contributed by atoms with Crippen LogP contribution in [-0.2, 0) is 22.3 Å². The Morgan fingerprint density at radius 2 is 1.89 bits per heavy atom. The average Bonchev–Trinajstić information content (AvgIpc) is 3.04. The highest BCUT2D eigenvalue weighted by atomic mass is 16.6. The molecule has 0 unspecified atom stereocenters. The predicted octanol–water partition coefficient (Wildman–Crippen LogP) is 3.40. The average molecular weight is 389 g/mol. The number of anilines is 1. The first kappa shape index (κ1) is 19.4. The first-order chi connectivity index (χ1) is 13.4. The van der Waals surface area contributed by atoms with Gasteiger partial charge in [0.1, 0.15) is 18.0 Å². The maximum atomic E-state index is 12.5. The highest BCUT2D eigenvalue weighted by Gasteiger charge is 2.28. The number of rotatable bonds is 2. The number of nitrogens with zero attached hydrogens (tertiary/aromatic N) is 2. The Labute approximate surface area is 167 Å². The van der Waals surface area contributed by atoms with Crippen LogP contribution in [-0.4, -0.2) is 62.1 Å². The molecular weight excluding hydrogens is 356 g/mol. The van der Waals surface area contributed by atoms with Crippen LogP contribution in [0.15, 0.2) is 12.1 Å². The lowest BCUT2D eigenvalue weighted by Gasteiger charge is -2.33. The van der Waals surface area contributed by atoms with E-state index in [1.54, 1.807) is 0 Å². The Kier molecular flexibility index (Phi) is 5.41. The van der Waals surface area contributed by atoms with Crippen molar-refractivity contribution < 1.29 is 19.0 Å². The minimum absolute atomic E-state index is 0.221. The fourth-order valence-corrected chi connectivity index (χ4v) is 4.22. The van der Waals surface area contributed by atoms with Crippen molar-refractivity contribution in [2.75, 3.05) is 44.3 Å². The maximum Gasteiger partial charge on any atom is 0.410 e. The van der Waals surface area contributed by atoms with Crippen LogP contribution in [0.25, 0.3) is 0 Å². The molecule has 0 spiro atoms. The van der Waals surface area contributed by atoms with E-state index in [4.69, 9.17) is 14.2 Å². The number of hydrogen-bond acceptors (Lipinski definition) is 5. The minimum Gasteiger partial charge on any atom is -0.490 e. The second kappa shape index (κ2) is 7.82. The predicted molar refractivity (Wildman–Crippen MR) is 108 cm³/mol. The smallest absolute Gasteiger partial charge is 0.410 e. The molecule has 1 aromatic carbocycles. The Balaban J connectivity index is 1.49. The summed E-state index contributed by atoms with van der Waals surface area (Å²) in [6.07, 6.45) is 4.08. The van der Waals surface area contributed by atoms with Gasteiger partial charge in [-0.25, -0.2) is 4.79 Å². The molecule has 0 saturated carbocycles. The van der Waals surface area contributed by atoms with Crippen molar-refractivity contribution in [3.05, 3.63) is 23.3 Å². The van der Waals surface area contributed by atoms with Gasteiger partial charge >= 0.3 is 6.09 Å². The molecule has 1 atom stereocenters. The van der Waals surface area contributed by atoms with Gasteiger partial charge in [-0.15, -0.1) is 0 Å². The molecule has 0 aromatic heterocycles. The molecule has 3 heterocycles. The normalized spacial score (nSPS) is 22.2. The Bertz CT molecular complexity index is 722. The zero-order chi connectivity index (χ0) is 19.7. The van der Waals surface area contributed by atoms with Gasteiger partial charge in [0.05, 0.1) is 18.3 Å². The molecule has 0 radical (unpaired) electrons. The number of benzene rings is 1. The van der Waals surface area contributed by atoms with Crippen LogP contribution < -0.4 is 9.64 Å². The fourth-order valence-electron chi connectivity index (χ4n) is 4.22. The summed E-state index contributed by atoms with van der Waals surface area (Å²) in [6, 6.07) is 4.46. The van der Waals surface area contributed by atoms with Crippen molar-refractivity contribution in [3.8, 4) is 5.75 Å². The van der Waals surface area contributed by atoms with Crippen molar-refractivity contribution >= 4 is 11.8 Å². The first-order valence-electron chi connectivity index (χ1n) is 10.5. The van der Waals surface area contributed by atoms with Gasteiger partial charge in [0.2, 0.25) is 0 Å². The van der Waals surface area contributed by atoms with Crippen LogP contribution in [0.2, 0.25) is 0 Å². The zero-order valence-corrected chi connectivity index (χ0v) is 17.3. The molecule has 28 heavy (non-hydrogen) atoms. The topological polar surface area (TPSA) is 51.2 Å². The number of carbonyl (C=O) groups is 1. The summed E-state index contributed by atoms with van der Waals surface area (Å²) in [6.45, 7) is 10.5. The van der Waals surface area contributed by atoms with E-state index < -0.39 is 5.60 Å². The van der Waals surface area contributed by atoms with E-state index in [2.05, 4.69) is 17.0 Å². The van der Waals surface area contributed by atoms with Gasteiger partial charge in [-0.2, -0.15) is 0 Å². The van der Waals surface area contributed by atoms with Gasteiger partial charge in [-0.05, 0) is 69.7 Å². The van der Waals surface area contributed by atoms with E-state index in [1.807, 2.05) is 25.7 Å². The molecule has 1 saturated heterocycles. The third-order valence-electron chi connectivity index (χ3n) is 5.64. The van der Waals surface area contributed by atoms with Crippen molar-refractivity contribution in [2.45, 2.75) is 58.2 Å². The van der Waals surface area contributed by atoms with Crippen LogP contribution in [0.1, 0.15) is 44.7 Å². The van der Waals surface area contributed by atoms with Crippen LogP contribution in [0, 0.1) is 0 Å². The number of ether oxygens (including phenoxy) is 3. The summed E-state index contributed by atoms with van der Waals surface area (Å²) in [5.41, 5.74) is 3.30. The van der Waals surface area contributed by atoms with Crippen molar-refractivity contribution in [1.82, 2.24) is 4.90 Å². The molecule has 1 aromatic rings. The molecule has 6 heteroatoms. The fraction of sp³-hybridized carbons (Fsp3) is 0.682. The van der Waals surface area contributed by atoms with Crippen molar-refractivity contribution in [1.29, 1.82) is 0 Å². The molecule has 0 bridgehead atoms. The Hall–Kier alpha value is -1.95. The minimum atomic E-state index is -0.466. The molecule has 154 valence electrons. The van der Waals surface area contributed by atoms with Crippen molar-refractivity contribution in [3.63, 3.8) is 0 Å². The van der Waals surface area contributed by atoms with Gasteiger partial charge in [-0.1, -0.05) is 0 Å². The SMILES string of the molecule is CC(C)(C)OC(=O)N1CCc2cc3c(cc2CC1)N(C[C@@H]1CCCO1)CCO3. The number of carbonyl (C=O) groups excluding carboxylic acids is 1. The molecule has 3 aliphatic heterocycles. The van der Waals surface area contributed by atoms with Gasteiger partial charge < -0.3 is 24.0 Å². The number of fused-ring (bicyclic) bond motifs is 2. The van der Waals surface area contributed by atoms with Crippen LogP contribution in [0.5, 0.6) is 5.75 Å². The molecule has 4 rings (SSSR count). The summed E-state index contributed by atoms with van der Waals surface area (Å²) in [7, 11) is 0. The summed E-state index contributed by atoms with van der Waals surface area (Å²) in [5, 5.41) is 0. The molecule has 1 amide bonds. The number of hydrogen-bond donors (Lipinski definition) is 0. The molecular formula is C22H32N2O4. The zero-order valence-electron chi connectivity index (χ0n) is 17.3. The molecule has 1 fully saturated rings. The number of amides is 1. The van der Waals surface area contributed by atoms with E-state index in [1.165, 1.54) is 16.8 Å². The summed E-state index contributed by atoms with van der Waals surface area (Å²) in [4.78, 5) is 16.7. The summed E-state index contributed by atoms with van der Waals surface area (Å²) in [5.74, 6) is 0.966. The monoisotopic (exact) mass is 388 g/mol. The van der Waals surface area contributed by atoms with E-state index in [0.29, 0.717) is 25.8 Å². The molecule has 3 aliphatic rings. The van der Waals surface area contributed by atoms with E-state index in [0.717, 1.165) is 51.1 Å². The van der Waals surface area contributed by atoms with Gasteiger partial charge in [0.15, 0.2) is 0 Å². The van der Waals surface area contributed by atoms with Crippen LogP contribution >= 0.6 is 0 Å². The third-order valence-corrected chi connectivity index (χ3v) is 5.64. The van der Waals surface area contributed by atoms with Crippen molar-refractivity contribution in [2.24, 2.45) is 0 Å². The summed E-state index contributed by atoms with van der Waals surface area (Å²) >= 11 is 0. The molecule has 6 nitrogen and oxygen atoms in total. The second-order valence-electron chi connectivity index (χ2n) is 8.99. The highest BCUT2D eigenvalue weighted by Crippen LogP contribution is 2.36. The van der Waals surface area contributed by atoms with E-state index >= 15 is 0 Å². The lowest BCUT2D eigenvalue weighted by atomic mass is 10.0. The van der Waals surface area contributed by atoms with E-state index in [-0.39, 0.29) is 6.09 Å². The lowest BCUT2D eigenvalue weighted by molar-refractivity contribution is 0.0258. The summed E-state index contributed by atoms with van der Waals surface area (Å²) < 4.78 is 17.4. The van der Waals surface area contributed by atoms with Gasteiger partial charge in [0, 0.05) is 26.2 Å². The standard InChI is InChI=1S/C22H32N2O4/c1-22(2,3)28-21(25)23-8-6-16-13-19-20(14-17(16)7-9-23)27-12-10-24(19)15-18-5-4-11-26-18/h13-14,18H,4-12,15H2,1-3H3/t18-/m0/s1. The Morgan fingerprint density at radius 3 is 2.57 bits per heavy atom. The van der Waals surface area contributed by atoms with E-state index in [9.17, 15) is 4.79 Å². The largest absolute Gasteiger partial charge is 0.490 e. The van der Waals surface area contributed by atoms with Gasteiger partial charge in [0.25, 0.3) is 0 Å².